The van der Waals surface area contributed by atoms with Crippen molar-refractivity contribution in [3.8, 4) is 0 Å². The molecule has 1 aliphatic carbocycles. The SMILES string of the molecule is CN=C(NCCCn1nc(C)cc1C)NC1CC1c1cccc(Cl)c1. The van der Waals surface area contributed by atoms with Crippen LogP contribution in [-0.2, 0) is 6.54 Å². The van der Waals surface area contributed by atoms with E-state index in [2.05, 4.69) is 50.5 Å². The lowest BCUT2D eigenvalue weighted by Crippen LogP contribution is -2.39. The number of hydrogen-bond acceptors (Lipinski definition) is 2. The first-order valence-corrected chi connectivity index (χ1v) is 9.18. The van der Waals surface area contributed by atoms with Crippen LogP contribution in [0.1, 0.15) is 35.7 Å². The highest BCUT2D eigenvalue weighted by atomic mass is 35.5. The van der Waals surface area contributed by atoms with Crippen LogP contribution in [0.25, 0.3) is 0 Å². The largest absolute Gasteiger partial charge is 0.356 e. The molecule has 0 spiro atoms. The molecule has 25 heavy (non-hydrogen) atoms. The van der Waals surface area contributed by atoms with Crippen LogP contribution in [0.15, 0.2) is 35.3 Å². The van der Waals surface area contributed by atoms with Crippen molar-refractivity contribution >= 4 is 17.6 Å². The molecule has 0 bridgehead atoms. The van der Waals surface area contributed by atoms with Crippen molar-refractivity contribution in [1.82, 2.24) is 20.4 Å². The third-order valence-corrected chi connectivity index (χ3v) is 4.79. The van der Waals surface area contributed by atoms with Crippen molar-refractivity contribution in [2.24, 2.45) is 4.99 Å². The molecule has 0 saturated heterocycles. The molecule has 0 amide bonds. The molecule has 2 aromatic rings. The van der Waals surface area contributed by atoms with Crippen LogP contribution in [0.2, 0.25) is 5.02 Å². The van der Waals surface area contributed by atoms with E-state index in [1.807, 2.05) is 26.1 Å². The maximum atomic E-state index is 6.08. The summed E-state index contributed by atoms with van der Waals surface area (Å²) >= 11 is 6.08. The number of aliphatic imine (C=N–C) groups is 1. The molecule has 2 unspecified atom stereocenters. The molecule has 1 saturated carbocycles. The van der Waals surface area contributed by atoms with Crippen LogP contribution in [0.4, 0.5) is 0 Å². The Kier molecular flexibility index (Phi) is 5.63. The summed E-state index contributed by atoms with van der Waals surface area (Å²) < 4.78 is 2.06. The topological polar surface area (TPSA) is 54.2 Å². The van der Waals surface area contributed by atoms with Gasteiger partial charge in [0.2, 0.25) is 0 Å². The number of rotatable bonds is 6. The van der Waals surface area contributed by atoms with Gasteiger partial charge in [0.1, 0.15) is 0 Å². The first-order chi connectivity index (χ1) is 12.1. The van der Waals surface area contributed by atoms with Crippen LogP contribution >= 0.6 is 11.6 Å². The summed E-state index contributed by atoms with van der Waals surface area (Å²) in [6, 6.07) is 10.7. The monoisotopic (exact) mass is 359 g/mol. The zero-order valence-corrected chi connectivity index (χ0v) is 15.8. The number of aryl methyl sites for hydroxylation is 3. The fourth-order valence-corrected chi connectivity index (χ4v) is 3.37. The van der Waals surface area contributed by atoms with Gasteiger partial charge in [-0.2, -0.15) is 5.10 Å². The molecular weight excluding hydrogens is 334 g/mol. The molecule has 3 rings (SSSR count). The molecule has 134 valence electrons. The minimum Gasteiger partial charge on any atom is -0.356 e. The van der Waals surface area contributed by atoms with Gasteiger partial charge in [-0.3, -0.25) is 9.67 Å². The Morgan fingerprint density at radius 1 is 1.36 bits per heavy atom. The maximum absolute atomic E-state index is 6.08. The fourth-order valence-electron chi connectivity index (χ4n) is 3.17. The average Bonchev–Trinajstić information content (AvgIpc) is 3.28. The Morgan fingerprint density at radius 3 is 2.88 bits per heavy atom. The minimum absolute atomic E-state index is 0.431. The highest BCUT2D eigenvalue weighted by Crippen LogP contribution is 2.41. The molecule has 2 N–H and O–H groups in total. The number of halogens is 1. The van der Waals surface area contributed by atoms with E-state index in [4.69, 9.17) is 11.6 Å². The van der Waals surface area contributed by atoms with Crippen molar-refractivity contribution in [2.45, 2.75) is 45.2 Å². The summed E-state index contributed by atoms with van der Waals surface area (Å²) in [5, 5.41) is 12.2. The van der Waals surface area contributed by atoms with Gasteiger partial charge in [-0.15, -0.1) is 0 Å². The first kappa shape index (κ1) is 17.8. The molecular formula is C19H26ClN5. The van der Waals surface area contributed by atoms with E-state index in [0.29, 0.717) is 12.0 Å². The highest BCUT2D eigenvalue weighted by molar-refractivity contribution is 6.30. The van der Waals surface area contributed by atoms with Gasteiger partial charge in [0.15, 0.2) is 5.96 Å². The second kappa shape index (κ2) is 7.91. The van der Waals surface area contributed by atoms with Crippen molar-refractivity contribution in [2.75, 3.05) is 13.6 Å². The van der Waals surface area contributed by atoms with Crippen LogP contribution in [0.5, 0.6) is 0 Å². The molecule has 1 aliphatic rings. The molecule has 0 aliphatic heterocycles. The van der Waals surface area contributed by atoms with Crippen molar-refractivity contribution in [1.29, 1.82) is 0 Å². The van der Waals surface area contributed by atoms with E-state index >= 15 is 0 Å². The normalized spacial score (nSPS) is 19.8. The van der Waals surface area contributed by atoms with Crippen molar-refractivity contribution in [3.63, 3.8) is 0 Å². The first-order valence-electron chi connectivity index (χ1n) is 8.80. The zero-order valence-electron chi connectivity index (χ0n) is 15.1. The Hall–Kier alpha value is -2.01. The van der Waals surface area contributed by atoms with Gasteiger partial charge in [0.05, 0.1) is 5.69 Å². The number of benzene rings is 1. The molecule has 1 aromatic heterocycles. The van der Waals surface area contributed by atoms with Gasteiger partial charge in [-0.05, 0) is 50.5 Å². The van der Waals surface area contributed by atoms with Crippen LogP contribution in [0.3, 0.4) is 0 Å². The minimum atomic E-state index is 0.431. The lowest BCUT2D eigenvalue weighted by molar-refractivity contribution is 0.555. The van der Waals surface area contributed by atoms with Crippen molar-refractivity contribution in [3.05, 3.63) is 52.3 Å². The van der Waals surface area contributed by atoms with E-state index in [0.717, 1.165) is 42.6 Å². The Morgan fingerprint density at radius 2 is 2.20 bits per heavy atom. The van der Waals surface area contributed by atoms with E-state index in [9.17, 15) is 0 Å². The smallest absolute Gasteiger partial charge is 0.191 e. The summed E-state index contributed by atoms with van der Waals surface area (Å²) in [4.78, 5) is 4.33. The van der Waals surface area contributed by atoms with Crippen molar-refractivity contribution < 1.29 is 0 Å². The molecule has 5 nitrogen and oxygen atoms in total. The van der Waals surface area contributed by atoms with Crippen LogP contribution in [0, 0.1) is 13.8 Å². The Bertz CT molecular complexity index is 752. The van der Waals surface area contributed by atoms with E-state index < -0.39 is 0 Å². The van der Waals surface area contributed by atoms with Gasteiger partial charge >= 0.3 is 0 Å². The summed E-state index contributed by atoms with van der Waals surface area (Å²) in [6.45, 7) is 5.90. The number of aromatic nitrogens is 2. The van der Waals surface area contributed by atoms with Crippen LogP contribution in [-0.4, -0.2) is 35.4 Å². The molecule has 2 atom stereocenters. The number of hydrogen-bond donors (Lipinski definition) is 2. The summed E-state index contributed by atoms with van der Waals surface area (Å²) in [6.07, 6.45) is 2.12. The zero-order chi connectivity index (χ0) is 17.8. The second-order valence-corrected chi connectivity index (χ2v) is 7.09. The summed E-state index contributed by atoms with van der Waals surface area (Å²) in [7, 11) is 1.81. The lowest BCUT2D eigenvalue weighted by atomic mass is 10.1. The third-order valence-electron chi connectivity index (χ3n) is 4.56. The van der Waals surface area contributed by atoms with E-state index in [-0.39, 0.29) is 0 Å². The lowest BCUT2D eigenvalue weighted by Gasteiger charge is -2.12. The highest BCUT2D eigenvalue weighted by Gasteiger charge is 2.39. The van der Waals surface area contributed by atoms with Gasteiger partial charge in [-0.1, -0.05) is 23.7 Å². The van der Waals surface area contributed by atoms with Gasteiger partial charge in [0.25, 0.3) is 0 Å². The second-order valence-electron chi connectivity index (χ2n) is 6.65. The molecule has 1 heterocycles. The predicted octanol–water partition coefficient (Wildman–Crippen LogP) is 3.26. The van der Waals surface area contributed by atoms with Crippen LogP contribution < -0.4 is 10.6 Å². The molecule has 0 radical (unpaired) electrons. The third kappa shape index (κ3) is 4.75. The fraction of sp³-hybridized carbons (Fsp3) is 0.474. The summed E-state index contributed by atoms with van der Waals surface area (Å²) in [5.74, 6) is 1.38. The number of nitrogens with one attached hydrogen (secondary N) is 2. The number of guanidine groups is 1. The van der Waals surface area contributed by atoms with Gasteiger partial charge < -0.3 is 10.6 Å². The van der Waals surface area contributed by atoms with Gasteiger partial charge in [-0.25, -0.2) is 0 Å². The van der Waals surface area contributed by atoms with E-state index in [1.54, 1.807) is 0 Å². The standard InChI is InChI=1S/C19H26ClN5/c1-13-10-14(2)25(24-13)9-5-8-22-19(21-3)23-18-12-17(18)15-6-4-7-16(20)11-15/h4,6-7,10-11,17-18H,5,8-9,12H2,1-3H3,(H2,21,22,23). The van der Waals surface area contributed by atoms with Gasteiger partial charge in [0, 0.05) is 42.8 Å². The molecule has 1 aromatic carbocycles. The molecule has 6 heteroatoms. The molecule has 1 fully saturated rings. The predicted molar refractivity (Wildman–Crippen MR) is 103 cm³/mol. The summed E-state index contributed by atoms with van der Waals surface area (Å²) in [5.41, 5.74) is 3.58. The Balaban J connectivity index is 1.41. The quantitative estimate of drug-likeness (QED) is 0.473. The number of nitrogens with zero attached hydrogens (tertiary/aromatic N) is 3. The maximum Gasteiger partial charge on any atom is 0.191 e. The van der Waals surface area contributed by atoms with E-state index in [1.165, 1.54) is 11.3 Å². The average molecular weight is 360 g/mol. The Labute approximate surface area is 154 Å².